The van der Waals surface area contributed by atoms with Crippen molar-refractivity contribution in [3.05, 3.63) is 35.9 Å². The minimum absolute atomic E-state index is 0.0531. The number of rotatable bonds is 4. The molecule has 1 saturated carbocycles. The van der Waals surface area contributed by atoms with Crippen molar-refractivity contribution in [3.63, 3.8) is 0 Å². The lowest BCUT2D eigenvalue weighted by atomic mass is 9.79. The first-order valence-corrected chi connectivity index (χ1v) is 8.18. The predicted octanol–water partition coefficient (Wildman–Crippen LogP) is 2.75. The Bertz CT molecular complexity index is 557. The first-order valence-electron chi connectivity index (χ1n) is 8.18. The van der Waals surface area contributed by atoms with Gasteiger partial charge in [-0.25, -0.2) is 0 Å². The Hall–Kier alpha value is -1.84. The van der Waals surface area contributed by atoms with Crippen molar-refractivity contribution in [1.29, 1.82) is 0 Å². The average Bonchev–Trinajstić information content (AvgIpc) is 3.35. The number of carbonyl (C=O) groups excluding carboxylic acids is 1. The maximum atomic E-state index is 12.4. The van der Waals surface area contributed by atoms with Gasteiger partial charge in [0.05, 0.1) is 11.8 Å². The van der Waals surface area contributed by atoms with E-state index in [0.29, 0.717) is 18.3 Å². The molecule has 1 saturated heterocycles. The average molecular weight is 301 g/mol. The van der Waals surface area contributed by atoms with Crippen LogP contribution < -0.4 is 0 Å². The molecule has 2 aliphatic rings. The van der Waals surface area contributed by atoms with E-state index in [2.05, 4.69) is 31.2 Å². The Kier molecular flexibility index (Phi) is 4.19. The van der Waals surface area contributed by atoms with Crippen LogP contribution in [0.2, 0.25) is 0 Å². The second-order valence-corrected chi connectivity index (χ2v) is 6.55. The molecule has 0 bridgehead atoms. The van der Waals surface area contributed by atoms with Gasteiger partial charge in [0.25, 0.3) is 0 Å². The summed E-state index contributed by atoms with van der Waals surface area (Å²) in [6.07, 6.45) is 2.53. The van der Waals surface area contributed by atoms with Crippen molar-refractivity contribution >= 4 is 11.9 Å². The van der Waals surface area contributed by atoms with Crippen LogP contribution in [0.15, 0.2) is 30.3 Å². The third kappa shape index (κ3) is 2.87. The van der Waals surface area contributed by atoms with Crippen LogP contribution in [0.1, 0.15) is 37.7 Å². The van der Waals surface area contributed by atoms with Gasteiger partial charge < -0.3 is 10.0 Å². The highest BCUT2D eigenvalue weighted by Crippen LogP contribution is 2.42. The number of carbonyl (C=O) groups is 2. The highest BCUT2D eigenvalue weighted by atomic mass is 16.4. The van der Waals surface area contributed by atoms with Crippen LogP contribution in [0.5, 0.6) is 0 Å². The summed E-state index contributed by atoms with van der Waals surface area (Å²) in [5.74, 6) is -0.531. The smallest absolute Gasteiger partial charge is 0.307 e. The van der Waals surface area contributed by atoms with E-state index in [-0.39, 0.29) is 11.8 Å². The van der Waals surface area contributed by atoms with E-state index in [1.54, 1.807) is 0 Å². The molecule has 1 aromatic rings. The number of hydrogen-bond acceptors (Lipinski definition) is 2. The van der Waals surface area contributed by atoms with Crippen LogP contribution in [0.3, 0.4) is 0 Å². The second kappa shape index (κ2) is 6.11. The van der Waals surface area contributed by atoms with Gasteiger partial charge in [-0.05, 0) is 30.2 Å². The summed E-state index contributed by atoms with van der Waals surface area (Å²) in [5.41, 5.74) is 1.36. The van der Waals surface area contributed by atoms with Crippen LogP contribution in [-0.4, -0.2) is 35.0 Å². The summed E-state index contributed by atoms with van der Waals surface area (Å²) < 4.78 is 0. The third-order valence-electron chi connectivity index (χ3n) is 5.22. The number of benzene rings is 1. The molecule has 0 spiro atoms. The lowest BCUT2D eigenvalue weighted by Crippen LogP contribution is -2.44. The molecule has 1 heterocycles. The molecule has 1 aromatic carbocycles. The zero-order chi connectivity index (χ0) is 15.7. The number of carboxylic acids is 1. The first kappa shape index (κ1) is 15.1. The molecule has 0 aromatic heterocycles. The normalized spacial score (nSPS) is 30.9. The lowest BCUT2D eigenvalue weighted by molar-refractivity contribution is -0.142. The summed E-state index contributed by atoms with van der Waals surface area (Å²) >= 11 is 0. The molecule has 4 atom stereocenters. The van der Waals surface area contributed by atoms with E-state index >= 15 is 0 Å². The lowest BCUT2D eigenvalue weighted by Gasteiger charge is -2.38. The van der Waals surface area contributed by atoms with Gasteiger partial charge >= 0.3 is 5.97 Å². The molecule has 2 fully saturated rings. The zero-order valence-corrected chi connectivity index (χ0v) is 12.9. The summed E-state index contributed by atoms with van der Waals surface area (Å²) in [6.45, 7) is 3.68. The fraction of sp³-hybridized carbons (Fsp3) is 0.556. The number of piperidine rings is 1. The number of aliphatic carboxylic acids is 1. The van der Waals surface area contributed by atoms with Gasteiger partial charge in [-0.3, -0.25) is 9.59 Å². The second-order valence-electron chi connectivity index (χ2n) is 6.55. The van der Waals surface area contributed by atoms with Crippen LogP contribution in [-0.2, 0) is 9.59 Å². The summed E-state index contributed by atoms with van der Waals surface area (Å²) in [4.78, 5) is 25.3. The minimum Gasteiger partial charge on any atom is -0.481 e. The molecule has 4 nitrogen and oxygen atoms in total. The Morgan fingerprint density at radius 3 is 2.55 bits per heavy atom. The zero-order valence-electron chi connectivity index (χ0n) is 12.9. The van der Waals surface area contributed by atoms with Gasteiger partial charge in [0, 0.05) is 13.1 Å². The van der Waals surface area contributed by atoms with E-state index in [1.165, 1.54) is 5.56 Å². The molecule has 1 N–H and O–H groups in total. The van der Waals surface area contributed by atoms with Gasteiger partial charge in [-0.1, -0.05) is 43.7 Å². The van der Waals surface area contributed by atoms with E-state index in [4.69, 9.17) is 5.11 Å². The Labute approximate surface area is 131 Å². The van der Waals surface area contributed by atoms with Crippen LogP contribution in [0, 0.1) is 17.8 Å². The minimum atomic E-state index is -0.829. The standard InChI is InChI=1S/C18H23NO3/c1-2-12-11-19(17(20)15-10-16(15)18(21)22)9-8-14(12)13-6-4-3-5-7-13/h3-7,12,14-16H,2,8-11H2,1H3,(H,21,22). The van der Waals surface area contributed by atoms with Gasteiger partial charge in [-0.15, -0.1) is 0 Å². The van der Waals surface area contributed by atoms with Crippen molar-refractivity contribution < 1.29 is 14.7 Å². The van der Waals surface area contributed by atoms with Gasteiger partial charge in [0.15, 0.2) is 0 Å². The largest absolute Gasteiger partial charge is 0.481 e. The van der Waals surface area contributed by atoms with Gasteiger partial charge in [0.2, 0.25) is 5.91 Å². The van der Waals surface area contributed by atoms with Gasteiger partial charge in [-0.2, -0.15) is 0 Å². The number of nitrogens with zero attached hydrogens (tertiary/aromatic N) is 1. The molecule has 4 heteroatoms. The summed E-state index contributed by atoms with van der Waals surface area (Å²) in [6, 6.07) is 10.5. The van der Waals surface area contributed by atoms with E-state index < -0.39 is 11.9 Å². The molecule has 0 radical (unpaired) electrons. The van der Waals surface area contributed by atoms with E-state index in [1.807, 2.05) is 11.0 Å². The fourth-order valence-corrected chi connectivity index (χ4v) is 3.76. The quantitative estimate of drug-likeness (QED) is 0.930. The highest BCUT2D eigenvalue weighted by molar-refractivity contribution is 5.89. The SMILES string of the molecule is CCC1CN(C(=O)C2CC2C(=O)O)CCC1c1ccccc1. The van der Waals surface area contributed by atoms with Crippen LogP contribution in [0.25, 0.3) is 0 Å². The maximum absolute atomic E-state index is 12.4. The summed E-state index contributed by atoms with van der Waals surface area (Å²) in [5, 5.41) is 8.99. The van der Waals surface area contributed by atoms with E-state index in [9.17, 15) is 9.59 Å². The van der Waals surface area contributed by atoms with Crippen molar-refractivity contribution in [2.75, 3.05) is 13.1 Å². The van der Waals surface area contributed by atoms with Gasteiger partial charge in [0.1, 0.15) is 0 Å². The fourth-order valence-electron chi connectivity index (χ4n) is 3.76. The molecular weight excluding hydrogens is 278 g/mol. The van der Waals surface area contributed by atoms with Crippen molar-refractivity contribution in [2.45, 2.75) is 32.1 Å². The Balaban J connectivity index is 1.65. The number of amides is 1. The van der Waals surface area contributed by atoms with Crippen LogP contribution in [0.4, 0.5) is 0 Å². The molecule has 22 heavy (non-hydrogen) atoms. The molecule has 1 aliphatic carbocycles. The van der Waals surface area contributed by atoms with Crippen LogP contribution >= 0.6 is 0 Å². The summed E-state index contributed by atoms with van der Waals surface area (Å²) in [7, 11) is 0. The Morgan fingerprint density at radius 1 is 1.23 bits per heavy atom. The Morgan fingerprint density at radius 2 is 1.95 bits per heavy atom. The number of likely N-dealkylation sites (tertiary alicyclic amines) is 1. The van der Waals surface area contributed by atoms with Crippen molar-refractivity contribution in [1.82, 2.24) is 4.90 Å². The highest BCUT2D eigenvalue weighted by Gasteiger charge is 2.50. The van der Waals surface area contributed by atoms with Crippen molar-refractivity contribution in [3.8, 4) is 0 Å². The van der Waals surface area contributed by atoms with E-state index in [0.717, 1.165) is 25.9 Å². The monoisotopic (exact) mass is 301 g/mol. The maximum Gasteiger partial charge on any atom is 0.307 e. The topological polar surface area (TPSA) is 57.6 Å². The molecule has 1 aliphatic heterocycles. The first-order chi connectivity index (χ1) is 10.6. The molecule has 1 amide bonds. The molecular formula is C18H23NO3. The van der Waals surface area contributed by atoms with Crippen molar-refractivity contribution in [2.24, 2.45) is 17.8 Å². The molecule has 4 unspecified atom stereocenters. The molecule has 118 valence electrons. The number of carboxylic acid groups (broad SMARTS) is 1. The predicted molar refractivity (Wildman–Crippen MR) is 83.4 cm³/mol. The molecule has 3 rings (SSSR count). The number of hydrogen-bond donors (Lipinski definition) is 1. The third-order valence-corrected chi connectivity index (χ3v) is 5.22.